The summed E-state index contributed by atoms with van der Waals surface area (Å²) in [5, 5.41) is 11.7. The Labute approximate surface area is 177 Å². The molecule has 0 fully saturated rings. The van der Waals surface area contributed by atoms with Crippen molar-refractivity contribution in [3.63, 3.8) is 0 Å². The molecule has 1 aromatic heterocycles. The van der Waals surface area contributed by atoms with E-state index >= 15 is 0 Å². The number of primary amides is 1. The molecule has 0 unspecified atom stereocenters. The Morgan fingerprint density at radius 3 is 2.48 bits per heavy atom. The number of methoxy groups -OCH3 is 1. The molecule has 0 atom stereocenters. The maximum atomic E-state index is 12.5. The van der Waals surface area contributed by atoms with Crippen LogP contribution >= 0.6 is 0 Å². The van der Waals surface area contributed by atoms with Crippen molar-refractivity contribution in [2.24, 2.45) is 5.73 Å². The molecule has 3 rings (SSSR count). The molecule has 10 nitrogen and oxygen atoms in total. The molecule has 3 amide bonds. The Morgan fingerprint density at radius 1 is 1.06 bits per heavy atom. The van der Waals surface area contributed by atoms with Gasteiger partial charge in [-0.3, -0.25) is 19.5 Å². The number of anilines is 2. The second-order valence-corrected chi connectivity index (χ2v) is 6.48. The van der Waals surface area contributed by atoms with Crippen molar-refractivity contribution in [3.05, 3.63) is 65.5 Å². The van der Waals surface area contributed by atoms with E-state index in [2.05, 4.69) is 20.8 Å². The van der Waals surface area contributed by atoms with Crippen LogP contribution in [0.2, 0.25) is 0 Å². The maximum absolute atomic E-state index is 12.5. The lowest BCUT2D eigenvalue weighted by Crippen LogP contribution is -2.20. The summed E-state index contributed by atoms with van der Waals surface area (Å²) < 4.78 is 10.6. The fourth-order valence-corrected chi connectivity index (χ4v) is 2.70. The number of H-pyrrole nitrogens is 1. The lowest BCUT2D eigenvalue weighted by Gasteiger charge is -2.09. The molecule has 3 aromatic rings. The second kappa shape index (κ2) is 9.44. The number of carbonyl (C=O) groups excluding carboxylic acids is 3. The van der Waals surface area contributed by atoms with Crippen LogP contribution in [0.5, 0.6) is 11.5 Å². The van der Waals surface area contributed by atoms with Crippen molar-refractivity contribution in [2.75, 3.05) is 24.4 Å². The minimum atomic E-state index is -0.754. The summed E-state index contributed by atoms with van der Waals surface area (Å²) in [5.74, 6) is -0.509. The summed E-state index contributed by atoms with van der Waals surface area (Å²) in [6.45, 7) is 1.45. The van der Waals surface area contributed by atoms with Gasteiger partial charge in [-0.05, 0) is 43.3 Å². The highest BCUT2D eigenvalue weighted by Gasteiger charge is 2.18. The Hall–Kier alpha value is -4.34. The zero-order chi connectivity index (χ0) is 22.4. The van der Waals surface area contributed by atoms with Gasteiger partial charge in [-0.2, -0.15) is 5.10 Å². The topological polar surface area (TPSA) is 148 Å². The first kappa shape index (κ1) is 21.4. The number of carbonyl (C=O) groups is 3. The highest BCUT2D eigenvalue weighted by molar-refractivity contribution is 6.08. The first-order valence-corrected chi connectivity index (χ1v) is 9.20. The summed E-state index contributed by atoms with van der Waals surface area (Å²) in [6.07, 6.45) is 0. The third kappa shape index (κ3) is 5.38. The summed E-state index contributed by atoms with van der Waals surface area (Å²) in [6, 6.07) is 13.1. The lowest BCUT2D eigenvalue weighted by molar-refractivity contribution is -0.118. The van der Waals surface area contributed by atoms with Crippen molar-refractivity contribution < 1.29 is 23.9 Å². The molecule has 31 heavy (non-hydrogen) atoms. The van der Waals surface area contributed by atoms with E-state index in [0.29, 0.717) is 28.4 Å². The molecule has 2 aromatic carbocycles. The molecule has 1 heterocycles. The van der Waals surface area contributed by atoms with Gasteiger partial charge >= 0.3 is 0 Å². The van der Waals surface area contributed by atoms with Gasteiger partial charge in [-0.25, -0.2) is 0 Å². The lowest BCUT2D eigenvalue weighted by atomic mass is 10.2. The van der Waals surface area contributed by atoms with E-state index < -0.39 is 11.8 Å². The summed E-state index contributed by atoms with van der Waals surface area (Å²) in [5.41, 5.74) is 6.85. The van der Waals surface area contributed by atoms with Crippen molar-refractivity contribution in [1.29, 1.82) is 0 Å². The summed E-state index contributed by atoms with van der Waals surface area (Å²) >= 11 is 0. The van der Waals surface area contributed by atoms with Gasteiger partial charge in [0.25, 0.3) is 17.7 Å². The number of aryl methyl sites for hydroxylation is 1. The minimum Gasteiger partial charge on any atom is -0.497 e. The smallest absolute Gasteiger partial charge is 0.271 e. The number of nitrogens with zero attached hydrogens (tertiary/aromatic N) is 1. The molecule has 10 heteroatoms. The number of benzene rings is 2. The van der Waals surface area contributed by atoms with Crippen LogP contribution in [0.4, 0.5) is 11.4 Å². The van der Waals surface area contributed by atoms with Gasteiger partial charge in [0.2, 0.25) is 0 Å². The maximum Gasteiger partial charge on any atom is 0.271 e. The van der Waals surface area contributed by atoms with Crippen molar-refractivity contribution in [3.8, 4) is 11.5 Å². The van der Waals surface area contributed by atoms with Crippen LogP contribution in [-0.4, -0.2) is 41.6 Å². The van der Waals surface area contributed by atoms with Crippen LogP contribution in [0.25, 0.3) is 0 Å². The minimum absolute atomic E-state index is 0.0483. The number of nitrogens with one attached hydrogen (secondary N) is 3. The quantitative estimate of drug-likeness (QED) is 0.436. The zero-order valence-corrected chi connectivity index (χ0v) is 16.9. The van der Waals surface area contributed by atoms with E-state index in [-0.39, 0.29) is 23.9 Å². The average Bonchev–Trinajstić information content (AvgIpc) is 3.13. The van der Waals surface area contributed by atoms with E-state index in [1.807, 2.05) is 0 Å². The van der Waals surface area contributed by atoms with E-state index in [0.717, 1.165) is 0 Å². The van der Waals surface area contributed by atoms with Crippen LogP contribution in [0.1, 0.15) is 26.5 Å². The van der Waals surface area contributed by atoms with Crippen molar-refractivity contribution >= 4 is 29.1 Å². The van der Waals surface area contributed by atoms with E-state index in [1.165, 1.54) is 12.1 Å². The van der Waals surface area contributed by atoms with Gasteiger partial charge in [0.15, 0.2) is 12.3 Å². The first-order chi connectivity index (χ1) is 14.9. The highest BCUT2D eigenvalue weighted by atomic mass is 16.5. The number of aromatic nitrogens is 2. The van der Waals surface area contributed by atoms with Crippen LogP contribution in [0.3, 0.4) is 0 Å². The number of rotatable bonds is 8. The normalized spacial score (nSPS) is 10.3. The standard InChI is InChI=1S/C21H21N5O5/c1-12-18(19(20(22)28)26-25-12)24-21(29)13-6-8-15(9-7-13)31-11-17(27)23-14-4-3-5-16(10-14)30-2/h3-10H,11H2,1-2H3,(H2,22,28)(H,23,27)(H,24,29)(H,25,26). The molecule has 0 saturated heterocycles. The van der Waals surface area contributed by atoms with Gasteiger partial charge in [0.05, 0.1) is 18.5 Å². The predicted molar refractivity (Wildman–Crippen MR) is 113 cm³/mol. The molecule has 0 saturated carbocycles. The number of aromatic amines is 1. The number of nitrogens with two attached hydrogens (primary N) is 1. The van der Waals surface area contributed by atoms with Crippen LogP contribution < -0.4 is 25.8 Å². The van der Waals surface area contributed by atoms with Crippen LogP contribution in [0, 0.1) is 6.92 Å². The monoisotopic (exact) mass is 423 g/mol. The second-order valence-electron chi connectivity index (χ2n) is 6.48. The van der Waals surface area contributed by atoms with Crippen molar-refractivity contribution in [1.82, 2.24) is 10.2 Å². The number of hydrogen-bond donors (Lipinski definition) is 4. The van der Waals surface area contributed by atoms with Crippen LogP contribution in [0.15, 0.2) is 48.5 Å². The SMILES string of the molecule is COc1cccc(NC(=O)COc2ccc(C(=O)Nc3c(C(N)=O)n[nH]c3C)cc2)c1. The van der Waals surface area contributed by atoms with E-state index in [9.17, 15) is 14.4 Å². The third-order valence-electron chi connectivity index (χ3n) is 4.26. The van der Waals surface area contributed by atoms with Crippen molar-refractivity contribution in [2.45, 2.75) is 6.92 Å². The van der Waals surface area contributed by atoms with Gasteiger partial charge in [0, 0.05) is 17.3 Å². The fourth-order valence-electron chi connectivity index (χ4n) is 2.70. The Morgan fingerprint density at radius 2 is 1.81 bits per heavy atom. The summed E-state index contributed by atoms with van der Waals surface area (Å²) in [4.78, 5) is 35.9. The molecule has 160 valence electrons. The molecular formula is C21H21N5O5. The van der Waals surface area contributed by atoms with Gasteiger partial charge < -0.3 is 25.8 Å². The summed E-state index contributed by atoms with van der Waals surface area (Å²) in [7, 11) is 1.54. The van der Waals surface area contributed by atoms with Gasteiger partial charge in [-0.15, -0.1) is 0 Å². The molecule has 5 N–H and O–H groups in total. The molecule has 0 aliphatic carbocycles. The molecule has 0 spiro atoms. The molecule has 0 aliphatic rings. The largest absolute Gasteiger partial charge is 0.497 e. The first-order valence-electron chi connectivity index (χ1n) is 9.20. The molecule has 0 aliphatic heterocycles. The number of amides is 3. The number of hydrogen-bond acceptors (Lipinski definition) is 6. The Balaban J connectivity index is 1.56. The van der Waals surface area contributed by atoms with Crippen LogP contribution in [-0.2, 0) is 4.79 Å². The van der Waals surface area contributed by atoms with Gasteiger partial charge in [0.1, 0.15) is 11.5 Å². The highest BCUT2D eigenvalue weighted by Crippen LogP contribution is 2.20. The van der Waals surface area contributed by atoms with E-state index in [4.69, 9.17) is 15.2 Å². The molecule has 0 bridgehead atoms. The Kier molecular flexibility index (Phi) is 6.51. The third-order valence-corrected chi connectivity index (χ3v) is 4.26. The molecular weight excluding hydrogens is 402 g/mol. The fraction of sp³-hybridized carbons (Fsp3) is 0.143. The molecule has 0 radical (unpaired) electrons. The number of ether oxygens (including phenoxy) is 2. The predicted octanol–water partition coefficient (Wildman–Crippen LogP) is 2.10. The van der Waals surface area contributed by atoms with Gasteiger partial charge in [-0.1, -0.05) is 6.07 Å². The Bertz CT molecular complexity index is 1110. The average molecular weight is 423 g/mol. The van der Waals surface area contributed by atoms with E-state index in [1.54, 1.807) is 50.4 Å². The zero-order valence-electron chi connectivity index (χ0n) is 16.9.